The van der Waals surface area contributed by atoms with E-state index >= 15 is 0 Å². The summed E-state index contributed by atoms with van der Waals surface area (Å²) in [5.41, 5.74) is 10.1. The Balaban J connectivity index is 1.57. The number of anilines is 2. The van der Waals surface area contributed by atoms with Gasteiger partial charge < -0.3 is 9.73 Å². The van der Waals surface area contributed by atoms with Crippen LogP contribution in [0.4, 0.5) is 11.4 Å². The first-order valence-corrected chi connectivity index (χ1v) is 11.9. The maximum absolute atomic E-state index is 5.86. The Morgan fingerprint density at radius 3 is 1.91 bits per heavy atom. The maximum Gasteiger partial charge on any atom is 0.157 e. The van der Waals surface area contributed by atoms with Crippen LogP contribution >= 0.6 is 0 Å². The highest BCUT2D eigenvalue weighted by atomic mass is 16.3. The van der Waals surface area contributed by atoms with Crippen molar-refractivity contribution in [3.8, 4) is 11.1 Å². The highest BCUT2D eigenvalue weighted by Crippen LogP contribution is 2.58. The molecule has 6 aromatic rings. The number of hydrogen-bond acceptors (Lipinski definition) is 2. The van der Waals surface area contributed by atoms with Crippen LogP contribution in [0.2, 0.25) is 0 Å². The molecule has 35 heavy (non-hydrogen) atoms. The van der Waals surface area contributed by atoms with E-state index in [1.54, 1.807) is 6.26 Å². The minimum absolute atomic E-state index is 0.449. The van der Waals surface area contributed by atoms with E-state index in [0.717, 1.165) is 22.3 Å². The molecule has 0 radical (unpaired) electrons. The van der Waals surface area contributed by atoms with Gasteiger partial charge in [-0.1, -0.05) is 109 Å². The van der Waals surface area contributed by atoms with Crippen LogP contribution in [0.1, 0.15) is 22.3 Å². The molecule has 1 heterocycles. The molecular formula is C33H23NO. The van der Waals surface area contributed by atoms with Gasteiger partial charge in [0, 0.05) is 16.6 Å². The molecule has 0 amide bonds. The van der Waals surface area contributed by atoms with Crippen molar-refractivity contribution in [2.24, 2.45) is 0 Å². The van der Waals surface area contributed by atoms with Crippen molar-refractivity contribution < 1.29 is 4.42 Å². The molecule has 0 fully saturated rings. The van der Waals surface area contributed by atoms with Crippen LogP contribution in [0.5, 0.6) is 0 Å². The summed E-state index contributed by atoms with van der Waals surface area (Å²) in [6.07, 6.45) is 1.75. The molecule has 7 rings (SSSR count). The Morgan fingerprint density at radius 1 is 0.514 bits per heavy atom. The van der Waals surface area contributed by atoms with Crippen molar-refractivity contribution in [2.75, 3.05) is 5.32 Å². The van der Waals surface area contributed by atoms with Crippen molar-refractivity contribution in [1.29, 1.82) is 0 Å². The van der Waals surface area contributed by atoms with Crippen LogP contribution in [0.15, 0.2) is 138 Å². The first-order valence-electron chi connectivity index (χ1n) is 11.9. The minimum Gasteiger partial charge on any atom is -0.462 e. The van der Waals surface area contributed by atoms with Crippen molar-refractivity contribution in [1.82, 2.24) is 0 Å². The van der Waals surface area contributed by atoms with Gasteiger partial charge in [-0.2, -0.15) is 0 Å². The number of hydrogen-bond donors (Lipinski definition) is 1. The number of rotatable bonds is 4. The minimum atomic E-state index is -0.449. The molecule has 1 aromatic heterocycles. The number of para-hydroxylation sites is 1. The lowest BCUT2D eigenvalue weighted by atomic mass is 9.67. The van der Waals surface area contributed by atoms with Gasteiger partial charge in [0.25, 0.3) is 0 Å². The second kappa shape index (κ2) is 7.75. The van der Waals surface area contributed by atoms with Crippen LogP contribution in [-0.4, -0.2) is 0 Å². The average molecular weight is 450 g/mol. The molecule has 0 unspecified atom stereocenters. The molecule has 0 spiro atoms. The molecule has 2 heteroatoms. The van der Waals surface area contributed by atoms with E-state index in [4.69, 9.17) is 4.42 Å². The van der Waals surface area contributed by atoms with Gasteiger partial charge in [-0.05, 0) is 46.0 Å². The number of furan rings is 1. The molecule has 166 valence electrons. The monoisotopic (exact) mass is 449 g/mol. The lowest BCUT2D eigenvalue weighted by Gasteiger charge is -2.35. The number of benzene rings is 5. The Kier molecular flexibility index (Phi) is 4.40. The zero-order valence-electron chi connectivity index (χ0n) is 19.1. The summed E-state index contributed by atoms with van der Waals surface area (Å²) >= 11 is 0. The zero-order chi connectivity index (χ0) is 23.2. The summed E-state index contributed by atoms with van der Waals surface area (Å²) in [4.78, 5) is 0. The summed E-state index contributed by atoms with van der Waals surface area (Å²) in [7, 11) is 0. The molecule has 1 aliphatic rings. The first-order chi connectivity index (χ1) is 17.4. The van der Waals surface area contributed by atoms with E-state index < -0.39 is 5.41 Å². The van der Waals surface area contributed by atoms with E-state index in [9.17, 15) is 0 Å². The molecular weight excluding hydrogens is 426 g/mol. The molecule has 0 saturated carbocycles. The molecule has 2 nitrogen and oxygen atoms in total. The van der Waals surface area contributed by atoms with E-state index in [1.165, 1.54) is 33.4 Å². The van der Waals surface area contributed by atoms with Crippen molar-refractivity contribution >= 4 is 22.3 Å². The molecule has 0 aliphatic heterocycles. The normalized spacial score (nSPS) is 13.4. The van der Waals surface area contributed by atoms with Crippen molar-refractivity contribution in [2.45, 2.75) is 5.41 Å². The smallest absolute Gasteiger partial charge is 0.157 e. The predicted molar refractivity (Wildman–Crippen MR) is 143 cm³/mol. The van der Waals surface area contributed by atoms with Gasteiger partial charge in [-0.3, -0.25) is 0 Å². The van der Waals surface area contributed by atoms with E-state index in [1.807, 2.05) is 6.07 Å². The molecule has 0 atom stereocenters. The fourth-order valence-corrected chi connectivity index (χ4v) is 5.84. The molecule has 0 saturated heterocycles. The van der Waals surface area contributed by atoms with Gasteiger partial charge in [0.15, 0.2) is 5.58 Å². The lowest BCUT2D eigenvalue weighted by Crippen LogP contribution is -2.29. The standard InChI is InChI=1S/C33H23NO/c1-3-12-24(13-4-1)33(25-14-5-2-6-15-25)28-18-8-7-16-26(28)27-17-10-19-29(31(27)33)34-30-20-9-11-23-21-22-35-32(23)30/h1-22,34H. The van der Waals surface area contributed by atoms with Gasteiger partial charge in [-0.25, -0.2) is 0 Å². The number of nitrogens with one attached hydrogen (secondary N) is 1. The van der Waals surface area contributed by atoms with Crippen LogP contribution in [0.3, 0.4) is 0 Å². The molecule has 5 aromatic carbocycles. The van der Waals surface area contributed by atoms with Crippen molar-refractivity contribution in [3.63, 3.8) is 0 Å². The Bertz CT molecular complexity index is 1620. The summed E-state index contributed by atoms with van der Waals surface area (Å²) in [6, 6.07) is 45.4. The topological polar surface area (TPSA) is 25.2 Å². The third kappa shape index (κ3) is 2.83. The van der Waals surface area contributed by atoms with Gasteiger partial charge in [0.1, 0.15) is 0 Å². The Hall–Kier alpha value is -4.56. The fraction of sp³-hybridized carbons (Fsp3) is 0.0303. The highest BCUT2D eigenvalue weighted by Gasteiger charge is 2.47. The quantitative estimate of drug-likeness (QED) is 0.291. The SMILES string of the molecule is c1ccc(C2(c3ccccc3)c3ccccc3-c3cccc(Nc4cccc5ccoc45)c32)cc1. The summed E-state index contributed by atoms with van der Waals surface area (Å²) in [5, 5.41) is 4.86. The van der Waals surface area contributed by atoms with E-state index in [0.29, 0.717) is 0 Å². The highest BCUT2D eigenvalue weighted by molar-refractivity contribution is 5.95. The third-order valence-corrected chi connectivity index (χ3v) is 7.22. The predicted octanol–water partition coefficient (Wildman–Crippen LogP) is 8.54. The van der Waals surface area contributed by atoms with Crippen LogP contribution < -0.4 is 5.32 Å². The molecule has 1 N–H and O–H groups in total. The van der Waals surface area contributed by atoms with Crippen LogP contribution in [-0.2, 0) is 5.41 Å². The second-order valence-corrected chi connectivity index (χ2v) is 9.03. The van der Waals surface area contributed by atoms with Gasteiger partial charge in [0.2, 0.25) is 0 Å². The number of fused-ring (bicyclic) bond motifs is 4. The maximum atomic E-state index is 5.86. The van der Waals surface area contributed by atoms with Gasteiger partial charge in [-0.15, -0.1) is 0 Å². The first kappa shape index (κ1) is 19.9. The lowest BCUT2D eigenvalue weighted by molar-refractivity contribution is 0.617. The van der Waals surface area contributed by atoms with Crippen LogP contribution in [0.25, 0.3) is 22.1 Å². The average Bonchev–Trinajstić information content (AvgIpc) is 3.53. The van der Waals surface area contributed by atoms with Crippen LogP contribution in [0, 0.1) is 0 Å². The van der Waals surface area contributed by atoms with Crippen molar-refractivity contribution in [3.05, 3.63) is 156 Å². The largest absolute Gasteiger partial charge is 0.462 e. The summed E-state index contributed by atoms with van der Waals surface area (Å²) in [6.45, 7) is 0. The molecule has 1 aliphatic carbocycles. The van der Waals surface area contributed by atoms with E-state index in [-0.39, 0.29) is 0 Å². The second-order valence-electron chi connectivity index (χ2n) is 9.03. The van der Waals surface area contributed by atoms with Gasteiger partial charge >= 0.3 is 0 Å². The Morgan fingerprint density at radius 2 is 1.14 bits per heavy atom. The van der Waals surface area contributed by atoms with E-state index in [2.05, 4.69) is 127 Å². The van der Waals surface area contributed by atoms with Gasteiger partial charge in [0.05, 0.1) is 17.4 Å². The fourth-order valence-electron chi connectivity index (χ4n) is 5.84. The molecule has 0 bridgehead atoms. The zero-order valence-corrected chi connectivity index (χ0v) is 19.1. The summed E-state index contributed by atoms with van der Waals surface area (Å²) in [5.74, 6) is 0. The summed E-state index contributed by atoms with van der Waals surface area (Å²) < 4.78 is 5.86. The third-order valence-electron chi connectivity index (χ3n) is 7.22. The Labute approximate surface area is 204 Å².